The lowest BCUT2D eigenvalue weighted by Crippen LogP contribution is -2.01. The van der Waals surface area contributed by atoms with E-state index in [0.717, 1.165) is 35.5 Å². The summed E-state index contributed by atoms with van der Waals surface area (Å²) < 4.78 is 3.87. The van der Waals surface area contributed by atoms with E-state index in [0.29, 0.717) is 5.78 Å². The van der Waals surface area contributed by atoms with Crippen molar-refractivity contribution in [2.75, 3.05) is 0 Å². The predicted octanol–water partition coefficient (Wildman–Crippen LogP) is 2.95. The number of hydrogen-bond donors (Lipinski definition) is 0. The number of hydrogen-bond acceptors (Lipinski definition) is 4. The quantitative estimate of drug-likeness (QED) is 0.511. The van der Waals surface area contributed by atoms with Crippen molar-refractivity contribution in [3.63, 3.8) is 0 Å². The van der Waals surface area contributed by atoms with Crippen LogP contribution in [-0.4, -0.2) is 29.1 Å². The molecule has 0 bridgehead atoms. The molecule has 122 valence electrons. The second kappa shape index (κ2) is 5.37. The zero-order chi connectivity index (χ0) is 16.8. The van der Waals surface area contributed by atoms with Crippen LogP contribution in [0.15, 0.2) is 54.9 Å². The lowest BCUT2D eigenvalue weighted by molar-refractivity contribution is 0.755. The van der Waals surface area contributed by atoms with Gasteiger partial charge in [0.25, 0.3) is 5.78 Å². The maximum absolute atomic E-state index is 4.89. The van der Waals surface area contributed by atoms with E-state index in [4.69, 9.17) is 4.98 Å². The minimum Gasteiger partial charge on any atom is -0.331 e. The highest BCUT2D eigenvalue weighted by molar-refractivity contribution is 6.04. The van der Waals surface area contributed by atoms with Gasteiger partial charge in [0.1, 0.15) is 5.82 Å². The number of imidazole rings is 1. The van der Waals surface area contributed by atoms with Crippen LogP contribution in [0.3, 0.4) is 0 Å². The van der Waals surface area contributed by atoms with Gasteiger partial charge in [-0.2, -0.15) is 4.98 Å². The first kappa shape index (κ1) is 14.1. The maximum atomic E-state index is 4.89. The second-order valence-electron chi connectivity index (χ2n) is 6.13. The molecule has 0 saturated heterocycles. The van der Waals surface area contributed by atoms with Crippen LogP contribution in [-0.2, 0) is 19.9 Å². The molecular formula is C19H16N6. The van der Waals surface area contributed by atoms with Crippen molar-refractivity contribution in [1.82, 2.24) is 29.1 Å². The molecule has 25 heavy (non-hydrogen) atoms. The first-order valence-corrected chi connectivity index (χ1v) is 8.29. The fraction of sp³-hybridized carbons (Fsp3) is 0.158. The largest absolute Gasteiger partial charge is 0.331 e. The van der Waals surface area contributed by atoms with Gasteiger partial charge in [-0.3, -0.25) is 0 Å². The van der Waals surface area contributed by atoms with E-state index in [9.17, 15) is 0 Å². The van der Waals surface area contributed by atoms with E-state index < -0.39 is 0 Å². The van der Waals surface area contributed by atoms with Crippen molar-refractivity contribution in [3.8, 4) is 0 Å². The first-order valence-electron chi connectivity index (χ1n) is 8.29. The summed E-state index contributed by atoms with van der Waals surface area (Å²) >= 11 is 0. The average molecular weight is 328 g/mol. The summed E-state index contributed by atoms with van der Waals surface area (Å²) in [7, 11) is 2.07. The Morgan fingerprint density at radius 1 is 0.960 bits per heavy atom. The fourth-order valence-corrected chi connectivity index (χ4v) is 3.30. The summed E-state index contributed by atoms with van der Waals surface area (Å²) in [4.78, 5) is 13.6. The molecule has 0 spiro atoms. The van der Waals surface area contributed by atoms with Crippen molar-refractivity contribution in [2.24, 2.45) is 7.05 Å². The van der Waals surface area contributed by atoms with E-state index in [1.165, 1.54) is 10.8 Å². The van der Waals surface area contributed by atoms with Crippen LogP contribution in [0.5, 0.6) is 0 Å². The molecular weight excluding hydrogens is 312 g/mol. The Morgan fingerprint density at radius 2 is 1.88 bits per heavy atom. The molecule has 0 amide bonds. The SMILES string of the molecule is Cn1c(CCc2nc3ncccn3n2)nc2c3ccccc3ccc21. The Morgan fingerprint density at radius 3 is 2.80 bits per heavy atom. The monoisotopic (exact) mass is 328 g/mol. The van der Waals surface area contributed by atoms with Gasteiger partial charge >= 0.3 is 0 Å². The number of benzene rings is 2. The number of nitrogens with zero attached hydrogens (tertiary/aromatic N) is 6. The van der Waals surface area contributed by atoms with Crippen LogP contribution in [0, 0.1) is 0 Å². The minimum absolute atomic E-state index is 0.633. The highest BCUT2D eigenvalue weighted by Crippen LogP contribution is 2.25. The van der Waals surface area contributed by atoms with Gasteiger partial charge in [-0.25, -0.2) is 14.5 Å². The summed E-state index contributed by atoms with van der Waals surface area (Å²) in [5.74, 6) is 2.46. The van der Waals surface area contributed by atoms with Crippen LogP contribution in [0.2, 0.25) is 0 Å². The maximum Gasteiger partial charge on any atom is 0.252 e. The van der Waals surface area contributed by atoms with Crippen molar-refractivity contribution < 1.29 is 0 Å². The summed E-state index contributed by atoms with van der Waals surface area (Å²) in [6.07, 6.45) is 5.11. The summed E-state index contributed by atoms with van der Waals surface area (Å²) in [6, 6.07) is 14.5. The normalized spacial score (nSPS) is 11.7. The predicted molar refractivity (Wildman–Crippen MR) is 96.4 cm³/mol. The Hall–Kier alpha value is -3.28. The van der Waals surface area contributed by atoms with Gasteiger partial charge in [0.15, 0.2) is 5.82 Å². The van der Waals surface area contributed by atoms with Crippen molar-refractivity contribution in [2.45, 2.75) is 12.8 Å². The Bertz CT molecular complexity index is 1180. The summed E-state index contributed by atoms with van der Waals surface area (Å²) in [6.45, 7) is 0. The van der Waals surface area contributed by atoms with Crippen LogP contribution >= 0.6 is 0 Å². The van der Waals surface area contributed by atoms with Crippen LogP contribution in [0.4, 0.5) is 0 Å². The van der Waals surface area contributed by atoms with E-state index in [-0.39, 0.29) is 0 Å². The Kier molecular flexibility index (Phi) is 3.03. The number of fused-ring (bicyclic) bond motifs is 4. The molecule has 5 rings (SSSR count). The molecule has 6 heteroatoms. The van der Waals surface area contributed by atoms with E-state index in [2.05, 4.69) is 63.1 Å². The number of aryl methyl sites for hydroxylation is 3. The lowest BCUT2D eigenvalue weighted by atomic mass is 10.1. The van der Waals surface area contributed by atoms with Gasteiger partial charge in [-0.05, 0) is 17.5 Å². The van der Waals surface area contributed by atoms with E-state index >= 15 is 0 Å². The van der Waals surface area contributed by atoms with Crippen molar-refractivity contribution in [3.05, 3.63) is 66.5 Å². The standard InChI is InChI=1S/C19H16N6/c1-24-15-8-7-13-5-2-3-6-14(13)18(15)22-17(24)10-9-16-21-19-20-11-4-12-25(19)23-16/h2-8,11-12H,9-10H2,1H3. The summed E-state index contributed by atoms with van der Waals surface area (Å²) in [5.41, 5.74) is 2.21. The average Bonchev–Trinajstić information content (AvgIpc) is 3.21. The van der Waals surface area contributed by atoms with Crippen molar-refractivity contribution in [1.29, 1.82) is 0 Å². The van der Waals surface area contributed by atoms with Gasteiger partial charge in [0.2, 0.25) is 0 Å². The number of rotatable bonds is 3. The molecule has 5 aromatic rings. The zero-order valence-electron chi connectivity index (χ0n) is 13.8. The Labute approximate surface area is 143 Å². The molecule has 0 aliphatic rings. The van der Waals surface area contributed by atoms with Crippen LogP contribution in [0.1, 0.15) is 11.6 Å². The molecule has 0 N–H and O–H groups in total. The molecule has 3 aromatic heterocycles. The van der Waals surface area contributed by atoms with Gasteiger partial charge < -0.3 is 4.57 Å². The van der Waals surface area contributed by atoms with Gasteiger partial charge in [-0.15, -0.1) is 5.10 Å². The van der Waals surface area contributed by atoms with Crippen LogP contribution in [0.25, 0.3) is 27.6 Å². The van der Waals surface area contributed by atoms with Gasteiger partial charge in [-0.1, -0.05) is 30.3 Å². The summed E-state index contributed by atoms with van der Waals surface area (Å²) in [5, 5.41) is 6.87. The first-order chi connectivity index (χ1) is 12.3. The van der Waals surface area contributed by atoms with Gasteiger partial charge in [0, 0.05) is 37.7 Å². The Balaban J connectivity index is 1.52. The van der Waals surface area contributed by atoms with Gasteiger partial charge in [0.05, 0.1) is 11.0 Å². The third-order valence-electron chi connectivity index (χ3n) is 4.60. The number of aromatic nitrogens is 6. The molecule has 6 nitrogen and oxygen atoms in total. The van der Waals surface area contributed by atoms with Crippen molar-refractivity contribution >= 4 is 27.6 Å². The molecule has 0 saturated carbocycles. The third-order valence-corrected chi connectivity index (χ3v) is 4.60. The molecule has 0 radical (unpaired) electrons. The topological polar surface area (TPSA) is 60.9 Å². The van der Waals surface area contributed by atoms with E-state index in [1.807, 2.05) is 12.3 Å². The molecule has 0 unspecified atom stereocenters. The highest BCUT2D eigenvalue weighted by atomic mass is 15.3. The van der Waals surface area contributed by atoms with E-state index in [1.54, 1.807) is 10.7 Å². The zero-order valence-corrected chi connectivity index (χ0v) is 13.8. The van der Waals surface area contributed by atoms with Crippen LogP contribution < -0.4 is 0 Å². The molecule has 0 aliphatic carbocycles. The molecule has 0 atom stereocenters. The molecule has 0 aliphatic heterocycles. The highest BCUT2D eigenvalue weighted by Gasteiger charge is 2.12. The fourth-order valence-electron chi connectivity index (χ4n) is 3.30. The second-order valence-corrected chi connectivity index (χ2v) is 6.13. The minimum atomic E-state index is 0.633. The molecule has 3 heterocycles. The smallest absolute Gasteiger partial charge is 0.252 e. The third kappa shape index (κ3) is 2.26. The molecule has 0 fully saturated rings. The lowest BCUT2D eigenvalue weighted by Gasteiger charge is -2.01. The molecule has 2 aromatic carbocycles.